The number of benzene rings is 1. The van der Waals surface area contributed by atoms with Gasteiger partial charge in [0.05, 0.1) is 16.7 Å². The first-order chi connectivity index (χ1) is 13.4. The zero-order chi connectivity index (χ0) is 19.9. The molecular weight excluding hydrogens is 425 g/mol. The summed E-state index contributed by atoms with van der Waals surface area (Å²) in [6.45, 7) is 1.81. The van der Waals surface area contributed by atoms with Crippen LogP contribution in [-0.2, 0) is 16.7 Å². The molecule has 1 aliphatic heterocycles. The molecule has 0 aliphatic carbocycles. The fourth-order valence-electron chi connectivity index (χ4n) is 3.18. The molecular formula is C17H17Cl2N5O3S. The van der Waals surface area contributed by atoms with Gasteiger partial charge in [0.1, 0.15) is 4.90 Å². The number of nitrogens with zero attached hydrogens (tertiary/aromatic N) is 5. The minimum absolute atomic E-state index is 0.00619. The van der Waals surface area contributed by atoms with Crippen molar-refractivity contribution in [3.8, 4) is 0 Å². The van der Waals surface area contributed by atoms with E-state index in [9.17, 15) is 13.2 Å². The normalized spacial score (nSPS) is 16.6. The highest BCUT2D eigenvalue weighted by Gasteiger charge is 2.31. The minimum atomic E-state index is -3.74. The Balaban J connectivity index is 1.48. The third-order valence-electron chi connectivity index (χ3n) is 4.69. The van der Waals surface area contributed by atoms with Crippen molar-refractivity contribution in [1.82, 2.24) is 23.4 Å². The number of aromatic nitrogens is 3. The van der Waals surface area contributed by atoms with Crippen LogP contribution in [-0.4, -0.2) is 58.0 Å². The Morgan fingerprint density at radius 2 is 1.75 bits per heavy atom. The Morgan fingerprint density at radius 1 is 1.00 bits per heavy atom. The summed E-state index contributed by atoms with van der Waals surface area (Å²) < 4.78 is 30.0. The van der Waals surface area contributed by atoms with E-state index in [2.05, 4.69) is 5.10 Å². The molecule has 4 rings (SSSR count). The number of hydrogen-bond acceptors (Lipinski definition) is 5. The van der Waals surface area contributed by atoms with Gasteiger partial charge >= 0.3 is 5.69 Å². The molecule has 1 aliphatic rings. The minimum Gasteiger partial charge on any atom is -0.282 e. The molecule has 3 aromatic rings. The fraction of sp³-hybridized carbons (Fsp3) is 0.294. The molecule has 3 heterocycles. The molecule has 0 atom stereocenters. The summed E-state index contributed by atoms with van der Waals surface area (Å²) in [5.41, 5.74) is 0.348. The van der Waals surface area contributed by atoms with E-state index >= 15 is 0 Å². The molecule has 28 heavy (non-hydrogen) atoms. The molecule has 0 spiro atoms. The van der Waals surface area contributed by atoms with E-state index in [-0.39, 0.29) is 33.7 Å². The molecule has 0 amide bonds. The van der Waals surface area contributed by atoms with Crippen LogP contribution in [0.2, 0.25) is 10.0 Å². The molecule has 1 saturated heterocycles. The second kappa shape index (κ2) is 7.49. The lowest BCUT2D eigenvalue weighted by Crippen LogP contribution is -2.49. The predicted molar refractivity (Wildman–Crippen MR) is 106 cm³/mol. The molecule has 0 saturated carbocycles. The number of pyridine rings is 1. The van der Waals surface area contributed by atoms with Crippen molar-refractivity contribution in [2.24, 2.45) is 0 Å². The Morgan fingerprint density at radius 3 is 2.46 bits per heavy atom. The van der Waals surface area contributed by atoms with Crippen LogP contribution in [0.1, 0.15) is 0 Å². The van der Waals surface area contributed by atoms with Gasteiger partial charge in [-0.3, -0.25) is 9.30 Å². The SMILES string of the molecule is O=c1n(CN2CCN(S(=O)(=O)c3cccc(Cl)c3Cl)CC2)nc2ccccn12. The summed E-state index contributed by atoms with van der Waals surface area (Å²) in [5.74, 6) is 0. The summed E-state index contributed by atoms with van der Waals surface area (Å²) in [6, 6.07) is 9.91. The maximum Gasteiger partial charge on any atom is 0.351 e. The zero-order valence-corrected chi connectivity index (χ0v) is 17.0. The zero-order valence-electron chi connectivity index (χ0n) is 14.7. The van der Waals surface area contributed by atoms with Gasteiger partial charge < -0.3 is 0 Å². The van der Waals surface area contributed by atoms with Crippen LogP contribution in [0.25, 0.3) is 5.65 Å². The third-order valence-corrected chi connectivity index (χ3v) is 7.56. The largest absolute Gasteiger partial charge is 0.351 e. The Hall–Kier alpha value is -1.91. The van der Waals surface area contributed by atoms with Crippen LogP contribution < -0.4 is 5.69 Å². The van der Waals surface area contributed by atoms with Crippen LogP contribution in [0.4, 0.5) is 0 Å². The van der Waals surface area contributed by atoms with Crippen LogP contribution in [0.3, 0.4) is 0 Å². The molecule has 148 valence electrons. The van der Waals surface area contributed by atoms with E-state index in [0.717, 1.165) is 0 Å². The number of piperazine rings is 1. The van der Waals surface area contributed by atoms with E-state index in [1.807, 2.05) is 11.0 Å². The van der Waals surface area contributed by atoms with Crippen LogP contribution in [0.5, 0.6) is 0 Å². The predicted octanol–water partition coefficient (Wildman–Crippen LogP) is 1.77. The standard InChI is InChI=1S/C17H17Cl2N5O3S/c18-13-4-3-5-14(16(13)19)28(26,27)22-10-8-21(9-11-22)12-24-17(25)23-7-2-1-6-15(23)20-24/h1-7H,8-12H2. The van der Waals surface area contributed by atoms with Crippen LogP contribution in [0.15, 0.2) is 52.3 Å². The average Bonchev–Trinajstić information content (AvgIpc) is 3.00. The lowest BCUT2D eigenvalue weighted by molar-refractivity contribution is 0.144. The van der Waals surface area contributed by atoms with Crippen molar-refractivity contribution in [1.29, 1.82) is 0 Å². The van der Waals surface area contributed by atoms with E-state index in [4.69, 9.17) is 23.2 Å². The first-order valence-electron chi connectivity index (χ1n) is 8.58. The van der Waals surface area contributed by atoms with E-state index in [1.165, 1.54) is 19.5 Å². The van der Waals surface area contributed by atoms with Crippen molar-refractivity contribution < 1.29 is 8.42 Å². The van der Waals surface area contributed by atoms with Gasteiger partial charge in [-0.15, -0.1) is 5.10 Å². The number of hydrogen-bond donors (Lipinski definition) is 0. The Labute approximate surface area is 171 Å². The highest BCUT2D eigenvalue weighted by Crippen LogP contribution is 2.31. The van der Waals surface area contributed by atoms with Gasteiger partial charge in [0.2, 0.25) is 10.0 Å². The molecule has 11 heteroatoms. The topological polar surface area (TPSA) is 79.9 Å². The number of fused-ring (bicyclic) bond motifs is 1. The van der Waals surface area contributed by atoms with E-state index in [1.54, 1.807) is 30.5 Å². The van der Waals surface area contributed by atoms with Crippen molar-refractivity contribution in [2.45, 2.75) is 11.6 Å². The van der Waals surface area contributed by atoms with Crippen molar-refractivity contribution in [3.63, 3.8) is 0 Å². The van der Waals surface area contributed by atoms with Gasteiger partial charge in [0.15, 0.2) is 5.65 Å². The third kappa shape index (κ3) is 3.44. The number of halogens is 2. The van der Waals surface area contributed by atoms with E-state index in [0.29, 0.717) is 25.4 Å². The lowest BCUT2D eigenvalue weighted by atomic mass is 10.4. The molecule has 0 bridgehead atoms. The van der Waals surface area contributed by atoms with Crippen molar-refractivity contribution in [3.05, 3.63) is 63.1 Å². The van der Waals surface area contributed by atoms with Gasteiger partial charge in [-0.05, 0) is 24.3 Å². The van der Waals surface area contributed by atoms with Gasteiger partial charge in [-0.2, -0.15) is 8.99 Å². The van der Waals surface area contributed by atoms with Crippen molar-refractivity contribution >= 4 is 38.9 Å². The molecule has 0 radical (unpaired) electrons. The first kappa shape index (κ1) is 19.4. The molecule has 0 unspecified atom stereocenters. The summed E-state index contributed by atoms with van der Waals surface area (Å²) in [6.07, 6.45) is 1.67. The summed E-state index contributed by atoms with van der Waals surface area (Å²) in [4.78, 5) is 14.4. The van der Waals surface area contributed by atoms with Gasteiger partial charge in [0, 0.05) is 32.4 Å². The highest BCUT2D eigenvalue weighted by molar-refractivity contribution is 7.89. The summed E-state index contributed by atoms with van der Waals surface area (Å²) in [5, 5.41) is 4.54. The first-order valence-corrected chi connectivity index (χ1v) is 10.8. The molecule has 2 aromatic heterocycles. The van der Waals surface area contributed by atoms with Gasteiger partial charge in [-0.25, -0.2) is 13.2 Å². The lowest BCUT2D eigenvalue weighted by Gasteiger charge is -2.33. The molecule has 0 N–H and O–H groups in total. The number of rotatable bonds is 4. The second-order valence-electron chi connectivity index (χ2n) is 6.43. The quantitative estimate of drug-likeness (QED) is 0.616. The smallest absolute Gasteiger partial charge is 0.282 e. The highest BCUT2D eigenvalue weighted by atomic mass is 35.5. The Bertz CT molecular complexity index is 1180. The van der Waals surface area contributed by atoms with Crippen LogP contribution >= 0.6 is 23.2 Å². The average molecular weight is 442 g/mol. The second-order valence-corrected chi connectivity index (χ2v) is 9.12. The van der Waals surface area contributed by atoms with E-state index < -0.39 is 10.0 Å². The van der Waals surface area contributed by atoms with Crippen molar-refractivity contribution in [2.75, 3.05) is 26.2 Å². The fourth-order valence-corrected chi connectivity index (χ4v) is 5.34. The molecule has 1 fully saturated rings. The van der Waals surface area contributed by atoms with Crippen LogP contribution in [0, 0.1) is 0 Å². The monoisotopic (exact) mass is 441 g/mol. The molecule has 8 nitrogen and oxygen atoms in total. The maximum atomic E-state index is 12.9. The van der Waals surface area contributed by atoms with Gasteiger partial charge in [-0.1, -0.05) is 35.3 Å². The number of sulfonamides is 1. The summed E-state index contributed by atoms with van der Waals surface area (Å²) >= 11 is 12.0. The Kier molecular flexibility index (Phi) is 5.19. The molecule has 1 aromatic carbocycles. The van der Waals surface area contributed by atoms with Gasteiger partial charge in [0.25, 0.3) is 0 Å². The maximum absolute atomic E-state index is 12.9. The summed E-state index contributed by atoms with van der Waals surface area (Å²) in [7, 11) is -3.74.